The van der Waals surface area contributed by atoms with Gasteiger partial charge < -0.3 is 9.64 Å². The van der Waals surface area contributed by atoms with E-state index < -0.39 is 10.0 Å². The van der Waals surface area contributed by atoms with Gasteiger partial charge in [0.15, 0.2) is 6.61 Å². The van der Waals surface area contributed by atoms with Gasteiger partial charge in [-0.15, -0.1) is 0 Å². The van der Waals surface area contributed by atoms with E-state index in [0.29, 0.717) is 11.4 Å². The number of para-hydroxylation sites is 2. The topological polar surface area (TPSA) is 75.7 Å². The Morgan fingerprint density at radius 3 is 2.54 bits per heavy atom. The van der Waals surface area contributed by atoms with Crippen LogP contribution in [0, 0.1) is 0 Å². The highest BCUT2D eigenvalue weighted by Crippen LogP contribution is 2.30. The van der Waals surface area contributed by atoms with E-state index >= 15 is 0 Å². The Morgan fingerprint density at radius 1 is 1.04 bits per heavy atom. The number of amides is 1. The number of rotatable bonds is 6. The summed E-state index contributed by atoms with van der Waals surface area (Å²) in [5, 5.41) is 0. The van der Waals surface area contributed by atoms with E-state index in [4.69, 9.17) is 4.74 Å². The summed E-state index contributed by atoms with van der Waals surface area (Å²) in [5.41, 5.74) is 1.38. The van der Waals surface area contributed by atoms with Crippen molar-refractivity contribution in [1.29, 1.82) is 0 Å². The molecular formula is C17H18N2O4S. The smallest absolute Gasteiger partial charge is 0.265 e. The minimum atomic E-state index is -3.45. The fraction of sp³-hybridized carbons (Fsp3) is 0.235. The van der Waals surface area contributed by atoms with Crippen molar-refractivity contribution in [2.24, 2.45) is 0 Å². The van der Waals surface area contributed by atoms with Gasteiger partial charge >= 0.3 is 0 Å². The van der Waals surface area contributed by atoms with Crippen LogP contribution in [0.25, 0.3) is 0 Å². The molecule has 1 heterocycles. The molecule has 2 aromatic carbocycles. The Labute approximate surface area is 141 Å². The molecule has 2 aromatic rings. The second-order valence-electron chi connectivity index (χ2n) is 5.44. The van der Waals surface area contributed by atoms with Gasteiger partial charge in [-0.25, -0.2) is 13.1 Å². The van der Waals surface area contributed by atoms with E-state index in [0.717, 1.165) is 5.56 Å². The number of hydrogen-bond acceptors (Lipinski definition) is 4. The van der Waals surface area contributed by atoms with Gasteiger partial charge in [0.05, 0.1) is 11.4 Å². The summed E-state index contributed by atoms with van der Waals surface area (Å²) >= 11 is 0. The second-order valence-corrected chi connectivity index (χ2v) is 7.25. The highest BCUT2D eigenvalue weighted by Gasteiger charge is 2.25. The number of nitrogens with zero attached hydrogens (tertiary/aromatic N) is 1. The van der Waals surface area contributed by atoms with Crippen LogP contribution in [0.5, 0.6) is 5.75 Å². The molecule has 126 valence electrons. The van der Waals surface area contributed by atoms with Gasteiger partial charge in [-0.3, -0.25) is 4.79 Å². The molecule has 0 aromatic heterocycles. The quantitative estimate of drug-likeness (QED) is 0.861. The Kier molecular flexibility index (Phi) is 4.82. The molecule has 7 heteroatoms. The molecule has 0 radical (unpaired) electrons. The third-order valence-corrected chi connectivity index (χ3v) is 5.02. The van der Waals surface area contributed by atoms with E-state index in [-0.39, 0.29) is 31.4 Å². The van der Waals surface area contributed by atoms with Crippen LogP contribution in [0.3, 0.4) is 0 Å². The Bertz CT molecular complexity index is 821. The molecule has 0 saturated carbocycles. The number of carbonyl (C=O) groups excluding carboxylic acids is 1. The number of sulfonamides is 1. The van der Waals surface area contributed by atoms with Crippen molar-refractivity contribution in [2.75, 3.05) is 24.6 Å². The van der Waals surface area contributed by atoms with Crippen molar-refractivity contribution in [3.8, 4) is 5.75 Å². The number of nitrogens with one attached hydrogen (secondary N) is 1. The Hall–Kier alpha value is -2.38. The first kappa shape index (κ1) is 16.5. The molecule has 24 heavy (non-hydrogen) atoms. The molecule has 1 N–H and O–H groups in total. The fourth-order valence-electron chi connectivity index (χ4n) is 2.56. The Balaban J connectivity index is 1.61. The number of fused-ring (bicyclic) bond motifs is 1. The SMILES string of the molecule is O=C1COc2ccccc2N1CCNS(=O)(=O)Cc1ccccc1. The monoisotopic (exact) mass is 346 g/mol. The lowest BCUT2D eigenvalue weighted by Crippen LogP contribution is -2.43. The highest BCUT2D eigenvalue weighted by atomic mass is 32.2. The van der Waals surface area contributed by atoms with Crippen molar-refractivity contribution >= 4 is 21.6 Å². The molecule has 0 saturated heterocycles. The van der Waals surface area contributed by atoms with Crippen molar-refractivity contribution in [2.45, 2.75) is 5.75 Å². The number of anilines is 1. The van der Waals surface area contributed by atoms with Crippen molar-refractivity contribution in [3.05, 3.63) is 60.2 Å². The third kappa shape index (κ3) is 3.93. The van der Waals surface area contributed by atoms with Crippen molar-refractivity contribution in [3.63, 3.8) is 0 Å². The zero-order chi connectivity index (χ0) is 17.0. The first-order valence-electron chi connectivity index (χ1n) is 7.59. The molecule has 1 aliphatic heterocycles. The molecule has 0 unspecified atom stereocenters. The van der Waals surface area contributed by atoms with E-state index in [9.17, 15) is 13.2 Å². The first-order chi connectivity index (χ1) is 11.6. The predicted molar refractivity (Wildman–Crippen MR) is 91.4 cm³/mol. The summed E-state index contributed by atoms with van der Waals surface area (Å²) in [6, 6.07) is 16.2. The maximum Gasteiger partial charge on any atom is 0.265 e. The molecule has 0 fully saturated rings. The third-order valence-electron chi connectivity index (χ3n) is 3.67. The van der Waals surface area contributed by atoms with Crippen LogP contribution in [-0.2, 0) is 20.6 Å². The number of hydrogen-bond donors (Lipinski definition) is 1. The molecule has 1 aliphatic rings. The maximum absolute atomic E-state index is 12.1. The minimum Gasteiger partial charge on any atom is -0.482 e. The normalized spacial score (nSPS) is 14.2. The summed E-state index contributed by atoms with van der Waals surface area (Å²) in [7, 11) is -3.45. The number of carbonyl (C=O) groups is 1. The summed E-state index contributed by atoms with van der Waals surface area (Å²) in [6.45, 7) is 0.371. The molecule has 3 rings (SSSR count). The van der Waals surface area contributed by atoms with Gasteiger partial charge in [-0.05, 0) is 17.7 Å². The van der Waals surface area contributed by atoms with Crippen LogP contribution in [-0.4, -0.2) is 34.0 Å². The van der Waals surface area contributed by atoms with Crippen molar-refractivity contribution < 1.29 is 17.9 Å². The van der Waals surface area contributed by atoms with Gasteiger partial charge in [0.2, 0.25) is 10.0 Å². The van der Waals surface area contributed by atoms with E-state index in [1.165, 1.54) is 0 Å². The maximum atomic E-state index is 12.1. The lowest BCUT2D eigenvalue weighted by Gasteiger charge is -2.29. The van der Waals surface area contributed by atoms with Gasteiger partial charge in [0.1, 0.15) is 5.75 Å². The van der Waals surface area contributed by atoms with Crippen LogP contribution < -0.4 is 14.4 Å². The van der Waals surface area contributed by atoms with E-state index in [1.54, 1.807) is 41.3 Å². The fourth-order valence-corrected chi connectivity index (χ4v) is 3.69. The van der Waals surface area contributed by atoms with Gasteiger partial charge in [0.25, 0.3) is 5.91 Å². The first-order valence-corrected chi connectivity index (χ1v) is 9.24. The van der Waals surface area contributed by atoms with Gasteiger partial charge in [0, 0.05) is 13.1 Å². The number of benzene rings is 2. The van der Waals surface area contributed by atoms with Crippen LogP contribution in [0.4, 0.5) is 5.69 Å². The highest BCUT2D eigenvalue weighted by molar-refractivity contribution is 7.88. The minimum absolute atomic E-state index is 0.0339. The second kappa shape index (κ2) is 7.02. The van der Waals surface area contributed by atoms with Crippen LogP contribution in [0.15, 0.2) is 54.6 Å². The standard InChI is InChI=1S/C17H18N2O4S/c20-17-12-23-16-9-5-4-8-15(16)19(17)11-10-18-24(21,22)13-14-6-2-1-3-7-14/h1-9,18H,10-13H2. The average molecular weight is 346 g/mol. The van der Waals surface area contributed by atoms with E-state index in [2.05, 4.69) is 4.72 Å². The summed E-state index contributed by atoms with van der Waals surface area (Å²) in [4.78, 5) is 13.6. The van der Waals surface area contributed by atoms with Crippen LogP contribution in [0.2, 0.25) is 0 Å². The molecule has 0 bridgehead atoms. The van der Waals surface area contributed by atoms with E-state index in [1.807, 2.05) is 18.2 Å². The summed E-state index contributed by atoms with van der Waals surface area (Å²) in [6.07, 6.45) is 0. The average Bonchev–Trinajstić information content (AvgIpc) is 2.57. The molecule has 1 amide bonds. The lowest BCUT2D eigenvalue weighted by atomic mass is 10.2. The predicted octanol–water partition coefficient (Wildman–Crippen LogP) is 1.53. The zero-order valence-corrected chi connectivity index (χ0v) is 13.8. The van der Waals surface area contributed by atoms with Crippen molar-refractivity contribution in [1.82, 2.24) is 4.72 Å². The molecule has 0 spiro atoms. The van der Waals surface area contributed by atoms with Crippen LogP contribution >= 0.6 is 0 Å². The Morgan fingerprint density at radius 2 is 1.75 bits per heavy atom. The molecular weight excluding hydrogens is 328 g/mol. The molecule has 0 aliphatic carbocycles. The largest absolute Gasteiger partial charge is 0.482 e. The van der Waals surface area contributed by atoms with Gasteiger partial charge in [-0.1, -0.05) is 42.5 Å². The molecule has 0 atom stereocenters. The lowest BCUT2D eigenvalue weighted by molar-refractivity contribution is -0.121. The number of ether oxygens (including phenoxy) is 1. The van der Waals surface area contributed by atoms with Crippen LogP contribution in [0.1, 0.15) is 5.56 Å². The molecule has 6 nitrogen and oxygen atoms in total. The summed E-state index contributed by atoms with van der Waals surface area (Å²) < 4.78 is 32.2. The summed E-state index contributed by atoms with van der Waals surface area (Å²) in [5.74, 6) is 0.363. The zero-order valence-electron chi connectivity index (χ0n) is 13.0. The van der Waals surface area contributed by atoms with Gasteiger partial charge in [-0.2, -0.15) is 0 Å².